The van der Waals surface area contributed by atoms with Crippen molar-refractivity contribution in [1.82, 2.24) is 9.80 Å². The van der Waals surface area contributed by atoms with E-state index >= 15 is 0 Å². The summed E-state index contributed by atoms with van der Waals surface area (Å²) in [5.41, 5.74) is 1.38. The number of likely N-dealkylation sites (N-methyl/N-ethyl adjacent to an activating group) is 1. The molecule has 0 unspecified atom stereocenters. The van der Waals surface area contributed by atoms with Crippen LogP contribution in [-0.2, 0) is 17.6 Å². The van der Waals surface area contributed by atoms with Gasteiger partial charge in [0, 0.05) is 39.0 Å². The van der Waals surface area contributed by atoms with E-state index in [9.17, 15) is 4.79 Å². The maximum atomic E-state index is 12.5. The number of furan rings is 1. The second-order valence-electron chi connectivity index (χ2n) is 6.92. The monoisotopic (exact) mass is 340 g/mol. The number of piperidine rings is 1. The van der Waals surface area contributed by atoms with Crippen LogP contribution in [0, 0.1) is 0 Å². The molecule has 0 spiro atoms. The highest BCUT2D eigenvalue weighted by atomic mass is 16.3. The molecule has 0 bridgehead atoms. The van der Waals surface area contributed by atoms with Gasteiger partial charge < -0.3 is 14.2 Å². The van der Waals surface area contributed by atoms with E-state index in [4.69, 9.17) is 4.42 Å². The number of hydrogen-bond donors (Lipinski definition) is 0. The van der Waals surface area contributed by atoms with E-state index in [1.807, 2.05) is 24.1 Å². The number of nitrogens with zero attached hydrogens (tertiary/aromatic N) is 2. The van der Waals surface area contributed by atoms with Crippen molar-refractivity contribution in [2.45, 2.75) is 38.1 Å². The van der Waals surface area contributed by atoms with E-state index in [2.05, 4.69) is 35.2 Å². The third-order valence-corrected chi connectivity index (χ3v) is 5.15. The van der Waals surface area contributed by atoms with Crippen LogP contribution in [0.2, 0.25) is 0 Å². The summed E-state index contributed by atoms with van der Waals surface area (Å²) >= 11 is 0. The van der Waals surface area contributed by atoms with Gasteiger partial charge in [-0.05, 0) is 43.5 Å². The third kappa shape index (κ3) is 5.20. The molecule has 1 saturated heterocycles. The van der Waals surface area contributed by atoms with Crippen LogP contribution in [0.15, 0.2) is 53.1 Å². The van der Waals surface area contributed by atoms with Crippen molar-refractivity contribution in [1.29, 1.82) is 0 Å². The average molecular weight is 340 g/mol. The SMILES string of the molecule is CN(C(=O)CCc1ccco1)[C@H]1CCCN(CCc2ccccc2)C1. The minimum Gasteiger partial charge on any atom is -0.469 e. The molecule has 2 heterocycles. The van der Waals surface area contributed by atoms with Crippen molar-refractivity contribution in [3.8, 4) is 0 Å². The Morgan fingerprint density at radius 1 is 1.20 bits per heavy atom. The summed E-state index contributed by atoms with van der Waals surface area (Å²) in [6, 6.07) is 14.8. The van der Waals surface area contributed by atoms with Crippen LogP contribution >= 0.6 is 0 Å². The Bertz CT molecular complexity index is 639. The molecular formula is C21H28N2O2. The molecule has 0 N–H and O–H groups in total. The molecule has 0 aliphatic carbocycles. The van der Waals surface area contributed by atoms with E-state index in [1.54, 1.807) is 6.26 Å². The Kier molecular flexibility index (Phi) is 6.29. The highest BCUT2D eigenvalue weighted by molar-refractivity contribution is 5.76. The summed E-state index contributed by atoms with van der Waals surface area (Å²) in [4.78, 5) is 16.9. The number of aryl methyl sites for hydroxylation is 1. The Morgan fingerprint density at radius 3 is 2.80 bits per heavy atom. The van der Waals surface area contributed by atoms with Gasteiger partial charge in [-0.15, -0.1) is 0 Å². The predicted octanol–water partition coefficient (Wildman–Crippen LogP) is 3.38. The molecule has 1 atom stereocenters. The molecular weight excluding hydrogens is 312 g/mol. The zero-order valence-electron chi connectivity index (χ0n) is 15.1. The first-order valence-electron chi connectivity index (χ1n) is 9.26. The predicted molar refractivity (Wildman–Crippen MR) is 99.4 cm³/mol. The summed E-state index contributed by atoms with van der Waals surface area (Å²) in [6.45, 7) is 3.18. The number of hydrogen-bond acceptors (Lipinski definition) is 3. The van der Waals surface area contributed by atoms with Crippen LogP contribution in [0.1, 0.15) is 30.6 Å². The fraction of sp³-hybridized carbons (Fsp3) is 0.476. The topological polar surface area (TPSA) is 36.7 Å². The normalized spacial score (nSPS) is 18.2. The highest BCUT2D eigenvalue weighted by Crippen LogP contribution is 2.17. The molecule has 25 heavy (non-hydrogen) atoms. The van der Waals surface area contributed by atoms with Gasteiger partial charge in [-0.25, -0.2) is 0 Å². The van der Waals surface area contributed by atoms with Crippen LogP contribution in [0.3, 0.4) is 0 Å². The minimum atomic E-state index is 0.214. The van der Waals surface area contributed by atoms with E-state index in [0.29, 0.717) is 18.9 Å². The van der Waals surface area contributed by atoms with Crippen molar-refractivity contribution >= 4 is 5.91 Å². The molecule has 1 aliphatic heterocycles. The number of likely N-dealkylation sites (tertiary alicyclic amines) is 1. The Morgan fingerprint density at radius 2 is 2.04 bits per heavy atom. The van der Waals surface area contributed by atoms with Crippen LogP contribution in [-0.4, -0.2) is 48.4 Å². The van der Waals surface area contributed by atoms with Crippen LogP contribution < -0.4 is 0 Å². The summed E-state index contributed by atoms with van der Waals surface area (Å²) < 4.78 is 5.32. The average Bonchev–Trinajstić information content (AvgIpc) is 3.18. The van der Waals surface area contributed by atoms with E-state index in [0.717, 1.165) is 44.7 Å². The molecule has 4 heteroatoms. The largest absolute Gasteiger partial charge is 0.469 e. The number of benzene rings is 1. The van der Waals surface area contributed by atoms with Crippen molar-refractivity contribution in [3.05, 3.63) is 60.1 Å². The Labute approximate surface area is 150 Å². The molecule has 1 amide bonds. The second kappa shape index (κ2) is 8.86. The fourth-order valence-corrected chi connectivity index (χ4v) is 3.55. The van der Waals surface area contributed by atoms with Gasteiger partial charge in [-0.3, -0.25) is 4.79 Å². The van der Waals surface area contributed by atoms with E-state index in [-0.39, 0.29) is 5.91 Å². The first-order chi connectivity index (χ1) is 12.2. The summed E-state index contributed by atoms with van der Waals surface area (Å²) in [5, 5.41) is 0. The van der Waals surface area contributed by atoms with Crippen molar-refractivity contribution in [3.63, 3.8) is 0 Å². The second-order valence-corrected chi connectivity index (χ2v) is 6.92. The first-order valence-corrected chi connectivity index (χ1v) is 9.26. The van der Waals surface area contributed by atoms with Gasteiger partial charge in [0.1, 0.15) is 5.76 Å². The van der Waals surface area contributed by atoms with Gasteiger partial charge >= 0.3 is 0 Å². The third-order valence-electron chi connectivity index (χ3n) is 5.15. The first kappa shape index (κ1) is 17.7. The van der Waals surface area contributed by atoms with E-state index < -0.39 is 0 Å². The number of amides is 1. The molecule has 4 nitrogen and oxygen atoms in total. The van der Waals surface area contributed by atoms with Crippen LogP contribution in [0.5, 0.6) is 0 Å². The molecule has 0 saturated carbocycles. The summed E-state index contributed by atoms with van der Waals surface area (Å²) in [7, 11) is 1.95. The molecule has 1 aliphatic rings. The maximum absolute atomic E-state index is 12.5. The maximum Gasteiger partial charge on any atom is 0.223 e. The van der Waals surface area contributed by atoms with Gasteiger partial charge in [-0.1, -0.05) is 30.3 Å². The number of carbonyl (C=O) groups excluding carboxylic acids is 1. The molecule has 0 radical (unpaired) electrons. The van der Waals surface area contributed by atoms with Gasteiger partial charge in [0.25, 0.3) is 0 Å². The molecule has 1 fully saturated rings. The van der Waals surface area contributed by atoms with Crippen molar-refractivity contribution in [2.24, 2.45) is 0 Å². The van der Waals surface area contributed by atoms with Gasteiger partial charge in [-0.2, -0.15) is 0 Å². The van der Waals surface area contributed by atoms with Crippen molar-refractivity contribution < 1.29 is 9.21 Å². The summed E-state index contributed by atoms with van der Waals surface area (Å²) in [5.74, 6) is 1.10. The fourth-order valence-electron chi connectivity index (χ4n) is 3.55. The van der Waals surface area contributed by atoms with Gasteiger partial charge in [0.05, 0.1) is 6.26 Å². The molecule has 1 aromatic heterocycles. The van der Waals surface area contributed by atoms with Gasteiger partial charge in [0.15, 0.2) is 0 Å². The molecule has 134 valence electrons. The highest BCUT2D eigenvalue weighted by Gasteiger charge is 2.25. The summed E-state index contributed by atoms with van der Waals surface area (Å²) in [6.07, 6.45) is 6.20. The Balaban J connectivity index is 1.45. The zero-order chi connectivity index (χ0) is 17.5. The van der Waals surface area contributed by atoms with Crippen LogP contribution in [0.25, 0.3) is 0 Å². The smallest absolute Gasteiger partial charge is 0.223 e. The van der Waals surface area contributed by atoms with Crippen LogP contribution in [0.4, 0.5) is 0 Å². The van der Waals surface area contributed by atoms with Gasteiger partial charge in [0.2, 0.25) is 5.91 Å². The standard InChI is InChI=1S/C21H28N2O2/c1-22(21(24)12-11-20-10-6-16-25-20)19-9-5-14-23(17-19)15-13-18-7-3-2-4-8-18/h2-4,6-8,10,16,19H,5,9,11-15,17H2,1H3/t19-/m0/s1. The molecule has 3 rings (SSSR count). The lowest BCUT2D eigenvalue weighted by atomic mass is 10.0. The lowest BCUT2D eigenvalue weighted by molar-refractivity contribution is -0.133. The number of rotatable bonds is 7. The van der Waals surface area contributed by atoms with Crippen molar-refractivity contribution in [2.75, 3.05) is 26.7 Å². The molecule has 2 aromatic rings. The zero-order valence-corrected chi connectivity index (χ0v) is 15.1. The Hall–Kier alpha value is -2.07. The minimum absolute atomic E-state index is 0.214. The van der Waals surface area contributed by atoms with E-state index in [1.165, 1.54) is 5.56 Å². The quantitative estimate of drug-likeness (QED) is 0.775. The number of carbonyl (C=O) groups is 1. The lowest BCUT2D eigenvalue weighted by Gasteiger charge is -2.37. The lowest BCUT2D eigenvalue weighted by Crippen LogP contribution is -2.49. The molecule has 1 aromatic carbocycles.